The van der Waals surface area contributed by atoms with Crippen molar-refractivity contribution in [2.75, 3.05) is 0 Å². The molecule has 0 atom stereocenters. The SMILES string of the molecule is ISc1ccc(-c2ccc(-c3ccc4ccc(-c5ccc(SI)cc5)cc4c3)cc2)cc1. The Hall–Kier alpha value is -1.48. The predicted molar refractivity (Wildman–Crippen MR) is 160 cm³/mol. The lowest BCUT2D eigenvalue weighted by Gasteiger charge is -2.09. The largest absolute Gasteiger partial charge is 0.0538 e. The van der Waals surface area contributed by atoms with Gasteiger partial charge in [-0.05, 0) is 80.6 Å². The molecule has 0 unspecified atom stereocenters. The zero-order valence-corrected chi connectivity index (χ0v) is 22.9. The van der Waals surface area contributed by atoms with E-state index in [1.54, 1.807) is 17.9 Å². The maximum absolute atomic E-state index is 2.32. The molecule has 32 heavy (non-hydrogen) atoms. The Kier molecular flexibility index (Phi) is 7.11. The van der Waals surface area contributed by atoms with Gasteiger partial charge in [-0.2, -0.15) is 0 Å². The molecule has 4 heteroatoms. The third kappa shape index (κ3) is 4.88. The van der Waals surface area contributed by atoms with Gasteiger partial charge >= 0.3 is 0 Å². The first kappa shape index (κ1) is 22.3. The van der Waals surface area contributed by atoms with Crippen molar-refractivity contribution in [3.63, 3.8) is 0 Å². The molecule has 0 aliphatic carbocycles. The van der Waals surface area contributed by atoms with Gasteiger partial charge in [0.15, 0.2) is 0 Å². The molecule has 0 radical (unpaired) electrons. The zero-order valence-electron chi connectivity index (χ0n) is 17.0. The highest BCUT2D eigenvalue weighted by Crippen LogP contribution is 2.32. The minimum atomic E-state index is 1.24. The van der Waals surface area contributed by atoms with Gasteiger partial charge < -0.3 is 0 Å². The summed E-state index contributed by atoms with van der Waals surface area (Å²) >= 11 is 4.64. The molecule has 0 nitrogen and oxygen atoms in total. The summed E-state index contributed by atoms with van der Waals surface area (Å²) in [5.74, 6) is 0. The second-order valence-corrected chi connectivity index (χ2v) is 11.5. The normalized spacial score (nSPS) is 11.1. The van der Waals surface area contributed by atoms with Crippen LogP contribution < -0.4 is 0 Å². The van der Waals surface area contributed by atoms with E-state index in [1.807, 2.05) is 0 Å². The van der Waals surface area contributed by atoms with Gasteiger partial charge in [0, 0.05) is 52.2 Å². The summed E-state index contributed by atoms with van der Waals surface area (Å²) in [6.07, 6.45) is 0. The Labute approximate surface area is 221 Å². The molecule has 0 aromatic heterocycles. The standard InChI is InChI=1S/C28H18I2S2/c29-31-27-13-9-20(10-14-27)19-1-3-21(4-2-19)24-7-5-23-6-8-25(18-26(23)17-24)22-11-15-28(32-30)16-12-22/h1-18H. The smallest absolute Gasteiger partial charge is 0.0179 e. The molecule has 0 aliphatic heterocycles. The van der Waals surface area contributed by atoms with Gasteiger partial charge in [0.25, 0.3) is 0 Å². The van der Waals surface area contributed by atoms with E-state index >= 15 is 0 Å². The summed E-state index contributed by atoms with van der Waals surface area (Å²) in [4.78, 5) is 2.56. The summed E-state index contributed by atoms with van der Waals surface area (Å²) in [5.41, 5.74) is 7.49. The van der Waals surface area contributed by atoms with E-state index in [2.05, 4.69) is 152 Å². The highest BCUT2D eigenvalue weighted by Gasteiger charge is 2.05. The number of halogens is 2. The Bertz CT molecular complexity index is 1360. The van der Waals surface area contributed by atoms with Crippen molar-refractivity contribution in [2.45, 2.75) is 9.79 Å². The molecule has 0 amide bonds. The van der Waals surface area contributed by atoms with Crippen molar-refractivity contribution in [3.8, 4) is 33.4 Å². The van der Waals surface area contributed by atoms with Crippen LogP contribution in [0.15, 0.2) is 119 Å². The van der Waals surface area contributed by atoms with Crippen LogP contribution in [0, 0.1) is 0 Å². The average Bonchev–Trinajstić information content (AvgIpc) is 2.88. The lowest BCUT2D eigenvalue weighted by atomic mass is 9.96. The first-order valence-corrected chi connectivity index (χ1v) is 16.9. The second-order valence-electron chi connectivity index (χ2n) is 7.56. The fraction of sp³-hybridized carbons (Fsp3) is 0. The number of rotatable bonds is 5. The van der Waals surface area contributed by atoms with Crippen LogP contribution in [0.25, 0.3) is 44.2 Å². The highest BCUT2D eigenvalue weighted by molar-refractivity contribution is 14.2. The summed E-state index contributed by atoms with van der Waals surface area (Å²) < 4.78 is 0. The van der Waals surface area contributed by atoms with Crippen LogP contribution >= 0.6 is 60.3 Å². The molecule has 0 saturated carbocycles. The van der Waals surface area contributed by atoms with Crippen molar-refractivity contribution in [2.24, 2.45) is 0 Å². The van der Waals surface area contributed by atoms with Crippen LogP contribution in [0.2, 0.25) is 0 Å². The third-order valence-corrected chi connectivity index (χ3v) is 9.56. The van der Waals surface area contributed by atoms with Crippen LogP contribution in [-0.4, -0.2) is 0 Å². The molecule has 0 spiro atoms. The molecular weight excluding hydrogens is 654 g/mol. The number of hydrogen-bond donors (Lipinski definition) is 0. The second kappa shape index (κ2) is 10.2. The fourth-order valence-corrected chi connectivity index (χ4v) is 6.10. The quantitative estimate of drug-likeness (QED) is 0.171. The van der Waals surface area contributed by atoms with Crippen molar-refractivity contribution in [3.05, 3.63) is 109 Å². The van der Waals surface area contributed by atoms with Gasteiger partial charge in [-0.3, -0.25) is 0 Å². The molecule has 0 aliphatic rings. The molecule has 5 rings (SSSR count). The van der Waals surface area contributed by atoms with Crippen molar-refractivity contribution >= 4 is 71.0 Å². The summed E-state index contributed by atoms with van der Waals surface area (Å²) in [6, 6.07) is 39.9. The van der Waals surface area contributed by atoms with Gasteiger partial charge in [-0.25, -0.2) is 0 Å². The van der Waals surface area contributed by atoms with Gasteiger partial charge in [0.1, 0.15) is 0 Å². The minimum absolute atomic E-state index is 1.24. The van der Waals surface area contributed by atoms with E-state index in [0.29, 0.717) is 0 Å². The van der Waals surface area contributed by atoms with Gasteiger partial charge in [-0.15, -0.1) is 0 Å². The van der Waals surface area contributed by atoms with Gasteiger partial charge in [0.05, 0.1) is 0 Å². The maximum Gasteiger partial charge on any atom is 0.0179 e. The van der Waals surface area contributed by atoms with E-state index in [1.165, 1.54) is 53.9 Å². The molecular formula is C28H18I2S2. The van der Waals surface area contributed by atoms with Crippen molar-refractivity contribution in [1.29, 1.82) is 0 Å². The monoisotopic (exact) mass is 672 g/mol. The van der Waals surface area contributed by atoms with Crippen LogP contribution in [-0.2, 0) is 0 Å². The molecule has 0 N–H and O–H groups in total. The van der Waals surface area contributed by atoms with E-state index < -0.39 is 0 Å². The lowest BCUT2D eigenvalue weighted by molar-refractivity contribution is 1.47. The summed E-state index contributed by atoms with van der Waals surface area (Å²) in [5, 5.41) is 2.53. The number of hydrogen-bond acceptors (Lipinski definition) is 2. The molecule has 0 fully saturated rings. The average molecular weight is 672 g/mol. The van der Waals surface area contributed by atoms with Crippen LogP contribution in [0.1, 0.15) is 0 Å². The van der Waals surface area contributed by atoms with Crippen LogP contribution in [0.3, 0.4) is 0 Å². The first-order valence-electron chi connectivity index (χ1n) is 10.2. The molecule has 156 valence electrons. The Morgan fingerprint density at radius 2 is 0.656 bits per heavy atom. The molecule has 0 bridgehead atoms. The van der Waals surface area contributed by atoms with E-state index in [-0.39, 0.29) is 0 Å². The Balaban J connectivity index is 1.45. The van der Waals surface area contributed by atoms with E-state index in [0.717, 1.165) is 0 Å². The van der Waals surface area contributed by atoms with Crippen LogP contribution in [0.5, 0.6) is 0 Å². The van der Waals surface area contributed by atoms with Gasteiger partial charge in [-0.1, -0.05) is 90.7 Å². The Morgan fingerprint density at radius 1 is 0.344 bits per heavy atom. The van der Waals surface area contributed by atoms with E-state index in [9.17, 15) is 0 Å². The fourth-order valence-electron chi connectivity index (χ4n) is 3.86. The molecule has 5 aromatic carbocycles. The highest BCUT2D eigenvalue weighted by atomic mass is 127. The topological polar surface area (TPSA) is 0 Å². The van der Waals surface area contributed by atoms with E-state index in [4.69, 9.17) is 0 Å². The molecule has 0 saturated heterocycles. The van der Waals surface area contributed by atoms with Crippen molar-refractivity contribution < 1.29 is 0 Å². The summed E-state index contributed by atoms with van der Waals surface area (Å²) in [6.45, 7) is 0. The van der Waals surface area contributed by atoms with Crippen LogP contribution in [0.4, 0.5) is 0 Å². The molecule has 0 heterocycles. The first-order chi connectivity index (χ1) is 15.7. The van der Waals surface area contributed by atoms with Gasteiger partial charge in [0.2, 0.25) is 0 Å². The molecule has 5 aromatic rings. The number of benzene rings is 5. The maximum atomic E-state index is 2.32. The zero-order chi connectivity index (χ0) is 21.9. The Morgan fingerprint density at radius 3 is 1.03 bits per heavy atom. The number of fused-ring (bicyclic) bond motifs is 1. The third-order valence-electron chi connectivity index (χ3n) is 5.61. The van der Waals surface area contributed by atoms with Crippen molar-refractivity contribution in [1.82, 2.24) is 0 Å². The predicted octanol–water partition coefficient (Wildman–Crippen LogP) is 10.7. The summed E-state index contributed by atoms with van der Waals surface area (Å²) in [7, 11) is 3.49. The minimum Gasteiger partial charge on any atom is -0.0538 e. The lowest BCUT2D eigenvalue weighted by Crippen LogP contribution is -1.83.